The predicted octanol–water partition coefficient (Wildman–Crippen LogP) is 5.38. The number of amides is 1. The summed E-state index contributed by atoms with van der Waals surface area (Å²) in [5.41, 5.74) is 2.83. The van der Waals surface area contributed by atoms with Gasteiger partial charge in [-0.3, -0.25) is 5.32 Å². The molecule has 1 fully saturated rings. The van der Waals surface area contributed by atoms with Crippen LogP contribution in [0.3, 0.4) is 0 Å². The van der Waals surface area contributed by atoms with Crippen LogP contribution in [0, 0.1) is 17.2 Å². The second kappa shape index (κ2) is 9.39. The summed E-state index contributed by atoms with van der Waals surface area (Å²) in [6, 6.07) is 13.8. The SMILES string of the molecule is N#CC1c2ccc(OC(F)F)cc2N(CC2CC2)C1c1ccc(NC(=O)OCCF)cc1. The smallest absolute Gasteiger partial charge is 0.411 e. The lowest BCUT2D eigenvalue weighted by Crippen LogP contribution is -2.28. The molecule has 1 amide bonds. The molecule has 4 rings (SSSR count). The summed E-state index contributed by atoms with van der Waals surface area (Å²) in [6.07, 6.45) is 1.43. The van der Waals surface area contributed by atoms with Gasteiger partial charge in [0.05, 0.1) is 18.0 Å². The van der Waals surface area contributed by atoms with Gasteiger partial charge < -0.3 is 14.4 Å². The van der Waals surface area contributed by atoms with Crippen molar-refractivity contribution in [1.29, 1.82) is 5.26 Å². The molecule has 32 heavy (non-hydrogen) atoms. The molecule has 0 saturated heterocycles. The molecule has 168 valence electrons. The molecule has 2 aromatic carbocycles. The molecular formula is C23H22F3N3O3. The Balaban J connectivity index is 1.61. The average Bonchev–Trinajstić information content (AvgIpc) is 3.54. The van der Waals surface area contributed by atoms with Crippen molar-refractivity contribution in [2.24, 2.45) is 5.92 Å². The van der Waals surface area contributed by atoms with E-state index in [1.807, 2.05) is 12.1 Å². The molecule has 0 bridgehead atoms. The summed E-state index contributed by atoms with van der Waals surface area (Å²) in [6.45, 7) is -3.29. The van der Waals surface area contributed by atoms with Crippen molar-refractivity contribution in [3.05, 3.63) is 53.6 Å². The van der Waals surface area contributed by atoms with Crippen LogP contribution < -0.4 is 15.0 Å². The monoisotopic (exact) mass is 445 g/mol. The Morgan fingerprint density at radius 1 is 1.22 bits per heavy atom. The van der Waals surface area contributed by atoms with E-state index in [1.165, 1.54) is 6.07 Å². The van der Waals surface area contributed by atoms with Crippen molar-refractivity contribution >= 4 is 17.5 Å². The number of halogens is 3. The lowest BCUT2D eigenvalue weighted by molar-refractivity contribution is -0.0498. The van der Waals surface area contributed by atoms with E-state index in [0.717, 1.165) is 29.7 Å². The van der Waals surface area contributed by atoms with Crippen LogP contribution >= 0.6 is 0 Å². The van der Waals surface area contributed by atoms with Crippen LogP contribution in [0.4, 0.5) is 29.3 Å². The fraction of sp³-hybridized carbons (Fsp3) is 0.391. The molecule has 1 N–H and O–H groups in total. The average molecular weight is 445 g/mol. The Labute approximate surface area is 183 Å². The molecule has 2 unspecified atom stereocenters. The molecule has 1 aliphatic carbocycles. The van der Waals surface area contributed by atoms with E-state index in [2.05, 4.69) is 25.8 Å². The van der Waals surface area contributed by atoms with Crippen molar-refractivity contribution in [1.82, 2.24) is 0 Å². The summed E-state index contributed by atoms with van der Waals surface area (Å²) in [5, 5.41) is 12.5. The number of fused-ring (bicyclic) bond motifs is 1. The Morgan fingerprint density at radius 2 is 1.97 bits per heavy atom. The fourth-order valence-corrected chi connectivity index (χ4v) is 4.06. The van der Waals surface area contributed by atoms with Crippen LogP contribution in [0.25, 0.3) is 0 Å². The first kappa shape index (κ1) is 21.8. The third kappa shape index (κ3) is 4.74. The minimum absolute atomic E-state index is 0.0585. The third-order valence-electron chi connectivity index (χ3n) is 5.62. The minimum Gasteiger partial charge on any atom is -0.447 e. The van der Waals surface area contributed by atoms with E-state index in [0.29, 0.717) is 18.2 Å². The maximum Gasteiger partial charge on any atom is 0.411 e. The third-order valence-corrected chi connectivity index (χ3v) is 5.62. The van der Waals surface area contributed by atoms with Gasteiger partial charge in [0.2, 0.25) is 0 Å². The number of alkyl halides is 3. The largest absolute Gasteiger partial charge is 0.447 e. The molecule has 0 aromatic heterocycles. The first-order chi connectivity index (χ1) is 15.5. The normalized spacial score (nSPS) is 19.4. The van der Waals surface area contributed by atoms with Gasteiger partial charge in [0.1, 0.15) is 19.0 Å². The van der Waals surface area contributed by atoms with Crippen LogP contribution in [0.2, 0.25) is 0 Å². The zero-order chi connectivity index (χ0) is 22.7. The number of rotatable bonds is 8. The van der Waals surface area contributed by atoms with Crippen molar-refractivity contribution in [3.63, 3.8) is 0 Å². The van der Waals surface area contributed by atoms with Gasteiger partial charge in [-0.1, -0.05) is 18.2 Å². The van der Waals surface area contributed by atoms with Gasteiger partial charge in [-0.25, -0.2) is 9.18 Å². The highest BCUT2D eigenvalue weighted by molar-refractivity contribution is 5.84. The highest BCUT2D eigenvalue weighted by Crippen LogP contribution is 2.51. The number of benzene rings is 2. The first-order valence-corrected chi connectivity index (χ1v) is 10.3. The standard InChI is InChI=1S/C23H22F3N3O3/c24-9-10-31-23(30)28-16-5-3-15(4-6-16)21-19(12-27)18-8-7-17(32-22(25)26)11-20(18)29(21)13-14-1-2-14/h3-8,11,14,19,21-22H,1-2,9-10,13H2,(H,28,30). The number of hydrogen-bond acceptors (Lipinski definition) is 5. The van der Waals surface area contributed by atoms with Crippen LogP contribution in [-0.4, -0.2) is 32.5 Å². The summed E-state index contributed by atoms with van der Waals surface area (Å²) >= 11 is 0. The van der Waals surface area contributed by atoms with E-state index >= 15 is 0 Å². The van der Waals surface area contributed by atoms with Gasteiger partial charge in [0, 0.05) is 24.0 Å². The maximum absolute atomic E-state index is 12.7. The van der Waals surface area contributed by atoms with Crippen LogP contribution in [-0.2, 0) is 4.74 Å². The Morgan fingerprint density at radius 3 is 2.59 bits per heavy atom. The molecule has 2 atom stereocenters. The van der Waals surface area contributed by atoms with E-state index in [1.54, 1.807) is 24.3 Å². The number of anilines is 2. The Hall–Kier alpha value is -3.41. The molecule has 2 aromatic rings. The molecule has 1 heterocycles. The van der Waals surface area contributed by atoms with Crippen molar-refractivity contribution in [3.8, 4) is 11.8 Å². The second-order valence-corrected chi connectivity index (χ2v) is 7.82. The Kier molecular flexibility index (Phi) is 6.40. The van der Waals surface area contributed by atoms with Gasteiger partial charge in [0.15, 0.2) is 0 Å². The van der Waals surface area contributed by atoms with E-state index in [4.69, 9.17) is 0 Å². The summed E-state index contributed by atoms with van der Waals surface area (Å²) < 4.78 is 46.8. The maximum atomic E-state index is 12.7. The lowest BCUT2D eigenvalue weighted by atomic mass is 9.91. The lowest BCUT2D eigenvalue weighted by Gasteiger charge is -2.29. The van der Waals surface area contributed by atoms with Gasteiger partial charge in [-0.05, 0) is 48.1 Å². The number of carbonyl (C=O) groups is 1. The zero-order valence-electron chi connectivity index (χ0n) is 17.1. The number of ether oxygens (including phenoxy) is 2. The molecule has 2 aliphatic rings. The zero-order valence-corrected chi connectivity index (χ0v) is 17.1. The highest BCUT2D eigenvalue weighted by Gasteiger charge is 2.42. The van der Waals surface area contributed by atoms with Crippen molar-refractivity contribution < 1.29 is 27.4 Å². The molecule has 0 radical (unpaired) electrons. The van der Waals surface area contributed by atoms with Crippen molar-refractivity contribution in [2.45, 2.75) is 31.4 Å². The van der Waals surface area contributed by atoms with Gasteiger partial charge in [-0.2, -0.15) is 14.0 Å². The number of carbonyl (C=O) groups excluding carboxylic acids is 1. The summed E-state index contributed by atoms with van der Waals surface area (Å²) in [5.74, 6) is 0.0644. The van der Waals surface area contributed by atoms with E-state index < -0.39 is 25.3 Å². The molecule has 6 nitrogen and oxygen atoms in total. The molecule has 1 aliphatic heterocycles. The van der Waals surface area contributed by atoms with Crippen LogP contribution in [0.1, 0.15) is 35.9 Å². The van der Waals surface area contributed by atoms with Crippen LogP contribution in [0.5, 0.6) is 5.75 Å². The summed E-state index contributed by atoms with van der Waals surface area (Å²) in [4.78, 5) is 13.7. The second-order valence-electron chi connectivity index (χ2n) is 7.82. The first-order valence-electron chi connectivity index (χ1n) is 10.3. The van der Waals surface area contributed by atoms with Gasteiger partial charge in [0.25, 0.3) is 0 Å². The number of hydrogen-bond donors (Lipinski definition) is 1. The van der Waals surface area contributed by atoms with E-state index in [9.17, 15) is 23.2 Å². The molecular weight excluding hydrogens is 423 g/mol. The number of nitrogens with zero attached hydrogens (tertiary/aromatic N) is 2. The minimum atomic E-state index is -2.93. The fourth-order valence-electron chi connectivity index (χ4n) is 4.06. The van der Waals surface area contributed by atoms with Gasteiger partial charge >= 0.3 is 12.7 Å². The number of nitrogens with one attached hydrogen (secondary N) is 1. The van der Waals surface area contributed by atoms with Crippen molar-refractivity contribution in [2.75, 3.05) is 30.0 Å². The van der Waals surface area contributed by atoms with Crippen LogP contribution in [0.15, 0.2) is 42.5 Å². The Bertz CT molecular complexity index is 1010. The summed E-state index contributed by atoms with van der Waals surface area (Å²) in [7, 11) is 0. The van der Waals surface area contributed by atoms with Gasteiger partial charge in [-0.15, -0.1) is 0 Å². The topological polar surface area (TPSA) is 74.6 Å². The molecule has 9 heteroatoms. The highest BCUT2D eigenvalue weighted by atomic mass is 19.3. The van der Waals surface area contributed by atoms with E-state index in [-0.39, 0.29) is 18.4 Å². The quantitative estimate of drug-likeness (QED) is 0.590. The number of nitriles is 1. The molecule has 1 saturated carbocycles. The molecule has 0 spiro atoms. The predicted molar refractivity (Wildman–Crippen MR) is 112 cm³/mol.